The lowest BCUT2D eigenvalue weighted by molar-refractivity contribution is -0.341. The zero-order valence-electron chi connectivity index (χ0n) is 8.87. The fourth-order valence-corrected chi connectivity index (χ4v) is 1.91. The van der Waals surface area contributed by atoms with Gasteiger partial charge in [-0.2, -0.15) is 38.1 Å². The fraction of sp³-hybridized carbons (Fsp3) is 0.875. The highest BCUT2D eigenvalue weighted by molar-refractivity contribution is 7.99. The summed E-state index contributed by atoms with van der Waals surface area (Å²) >= 11 is 0.600. The molecule has 18 heavy (non-hydrogen) atoms. The van der Waals surface area contributed by atoms with Gasteiger partial charge in [0.15, 0.2) is 0 Å². The topological polar surface area (TPSA) is 43.1 Å². The zero-order chi connectivity index (χ0) is 14.6. The molecule has 0 aromatic heterocycles. The number of alkyl halides is 7. The molecular weight excluding hydrogens is 291 g/mol. The summed E-state index contributed by atoms with van der Waals surface area (Å²) in [6.45, 7) is 0. The SMILES string of the molecule is NC(=O)CCSCCC(F)(C(F)(F)F)C(F)(F)F. The van der Waals surface area contributed by atoms with Crippen molar-refractivity contribution < 1.29 is 35.5 Å². The first-order valence-electron chi connectivity index (χ1n) is 4.60. The minimum Gasteiger partial charge on any atom is -0.370 e. The lowest BCUT2D eigenvalue weighted by atomic mass is 10.0. The van der Waals surface area contributed by atoms with Gasteiger partial charge in [-0.25, -0.2) is 4.39 Å². The predicted octanol–water partition coefficient (Wildman–Crippen LogP) is 2.82. The maximum atomic E-state index is 13.0. The van der Waals surface area contributed by atoms with E-state index in [1.165, 1.54) is 0 Å². The van der Waals surface area contributed by atoms with Crippen LogP contribution < -0.4 is 5.73 Å². The summed E-state index contributed by atoms with van der Waals surface area (Å²) in [6.07, 6.45) is -14.0. The van der Waals surface area contributed by atoms with Crippen molar-refractivity contribution in [2.45, 2.75) is 30.9 Å². The van der Waals surface area contributed by atoms with Gasteiger partial charge in [-0.15, -0.1) is 0 Å². The number of amides is 1. The number of nitrogens with two attached hydrogens (primary N) is 1. The summed E-state index contributed by atoms with van der Waals surface area (Å²) in [4.78, 5) is 10.3. The molecular formula is C8H10F7NOS. The van der Waals surface area contributed by atoms with Gasteiger partial charge < -0.3 is 5.73 Å². The van der Waals surface area contributed by atoms with Crippen LogP contribution in [0.25, 0.3) is 0 Å². The number of rotatable bonds is 6. The third kappa shape index (κ3) is 4.54. The number of carbonyl (C=O) groups excluding carboxylic acids is 1. The van der Waals surface area contributed by atoms with Gasteiger partial charge in [0.05, 0.1) is 0 Å². The van der Waals surface area contributed by atoms with Crippen molar-refractivity contribution >= 4 is 17.7 Å². The Morgan fingerprint density at radius 2 is 1.39 bits per heavy atom. The van der Waals surface area contributed by atoms with E-state index in [-0.39, 0.29) is 12.2 Å². The number of thioether (sulfide) groups is 1. The lowest BCUT2D eigenvalue weighted by Crippen LogP contribution is -2.53. The van der Waals surface area contributed by atoms with Crippen LogP contribution in [-0.4, -0.2) is 35.4 Å². The van der Waals surface area contributed by atoms with E-state index >= 15 is 0 Å². The molecule has 0 aliphatic heterocycles. The van der Waals surface area contributed by atoms with E-state index in [4.69, 9.17) is 5.73 Å². The highest BCUT2D eigenvalue weighted by Gasteiger charge is 2.71. The highest BCUT2D eigenvalue weighted by atomic mass is 32.2. The summed E-state index contributed by atoms with van der Waals surface area (Å²) in [5.41, 5.74) is -0.510. The van der Waals surface area contributed by atoms with E-state index in [9.17, 15) is 35.5 Å². The third-order valence-electron chi connectivity index (χ3n) is 1.98. The van der Waals surface area contributed by atoms with Gasteiger partial charge >= 0.3 is 12.4 Å². The van der Waals surface area contributed by atoms with Crippen molar-refractivity contribution in [2.24, 2.45) is 5.73 Å². The van der Waals surface area contributed by atoms with E-state index in [0.717, 1.165) is 0 Å². The van der Waals surface area contributed by atoms with Crippen LogP contribution in [0.1, 0.15) is 12.8 Å². The largest absolute Gasteiger partial charge is 0.431 e. The molecule has 0 aliphatic carbocycles. The van der Waals surface area contributed by atoms with E-state index in [1.54, 1.807) is 0 Å². The van der Waals surface area contributed by atoms with Crippen LogP contribution in [0.4, 0.5) is 30.7 Å². The van der Waals surface area contributed by atoms with Crippen molar-refractivity contribution in [2.75, 3.05) is 11.5 Å². The molecule has 0 fully saturated rings. The van der Waals surface area contributed by atoms with Gasteiger partial charge in [-0.3, -0.25) is 4.79 Å². The van der Waals surface area contributed by atoms with Crippen LogP contribution in [0.5, 0.6) is 0 Å². The van der Waals surface area contributed by atoms with E-state index in [0.29, 0.717) is 11.8 Å². The number of carbonyl (C=O) groups is 1. The molecule has 0 bridgehead atoms. The molecule has 0 atom stereocenters. The van der Waals surface area contributed by atoms with Crippen molar-refractivity contribution in [3.8, 4) is 0 Å². The first kappa shape index (κ1) is 17.3. The van der Waals surface area contributed by atoms with Crippen LogP contribution in [-0.2, 0) is 4.79 Å². The first-order chi connectivity index (χ1) is 7.92. The fourth-order valence-electron chi connectivity index (χ4n) is 0.932. The highest BCUT2D eigenvalue weighted by Crippen LogP contribution is 2.48. The Kier molecular flexibility index (Phi) is 5.76. The van der Waals surface area contributed by atoms with Crippen LogP contribution in [0.15, 0.2) is 0 Å². The molecule has 0 radical (unpaired) electrons. The second kappa shape index (κ2) is 5.98. The minimum atomic E-state index is -6.02. The minimum absolute atomic E-state index is 0.0544. The van der Waals surface area contributed by atoms with Crippen LogP contribution in [0, 0.1) is 0 Å². The molecule has 0 rings (SSSR count). The Balaban J connectivity index is 4.43. The smallest absolute Gasteiger partial charge is 0.370 e. The summed E-state index contributed by atoms with van der Waals surface area (Å²) in [6, 6.07) is 0. The summed E-state index contributed by atoms with van der Waals surface area (Å²) < 4.78 is 85.4. The van der Waals surface area contributed by atoms with E-state index in [2.05, 4.69) is 0 Å². The molecule has 10 heteroatoms. The van der Waals surface area contributed by atoms with Crippen molar-refractivity contribution in [1.29, 1.82) is 0 Å². The molecule has 0 aromatic rings. The monoisotopic (exact) mass is 301 g/mol. The van der Waals surface area contributed by atoms with Crippen LogP contribution >= 0.6 is 11.8 Å². The number of hydrogen-bond acceptors (Lipinski definition) is 2. The Morgan fingerprint density at radius 3 is 1.72 bits per heavy atom. The average Bonchev–Trinajstić information content (AvgIpc) is 2.12. The maximum absolute atomic E-state index is 13.0. The summed E-state index contributed by atoms with van der Waals surface area (Å²) in [5.74, 6) is -1.51. The number of halogens is 7. The average molecular weight is 301 g/mol. The molecule has 1 amide bonds. The van der Waals surface area contributed by atoms with Crippen molar-refractivity contribution in [1.82, 2.24) is 0 Å². The first-order valence-corrected chi connectivity index (χ1v) is 5.75. The van der Waals surface area contributed by atoms with Crippen molar-refractivity contribution in [3.63, 3.8) is 0 Å². The quantitative estimate of drug-likeness (QED) is 0.605. The zero-order valence-corrected chi connectivity index (χ0v) is 9.68. The van der Waals surface area contributed by atoms with Crippen LogP contribution in [0.3, 0.4) is 0 Å². The summed E-state index contributed by atoms with van der Waals surface area (Å²) in [5, 5.41) is 0. The summed E-state index contributed by atoms with van der Waals surface area (Å²) in [7, 11) is 0. The molecule has 2 N–H and O–H groups in total. The number of hydrogen-bond donors (Lipinski definition) is 1. The lowest BCUT2D eigenvalue weighted by Gasteiger charge is -2.29. The molecule has 0 aromatic carbocycles. The van der Waals surface area contributed by atoms with Crippen LogP contribution in [0.2, 0.25) is 0 Å². The molecule has 0 spiro atoms. The molecule has 0 aliphatic rings. The Bertz CT molecular complexity index is 274. The van der Waals surface area contributed by atoms with Gasteiger partial charge in [-0.05, 0) is 5.75 Å². The van der Waals surface area contributed by atoms with Gasteiger partial charge in [-0.1, -0.05) is 0 Å². The van der Waals surface area contributed by atoms with Gasteiger partial charge in [0.2, 0.25) is 5.91 Å². The second-order valence-corrected chi connectivity index (χ2v) is 4.60. The molecule has 0 heterocycles. The second-order valence-electron chi connectivity index (χ2n) is 3.38. The normalized spacial score (nSPS) is 13.7. The molecule has 0 saturated carbocycles. The van der Waals surface area contributed by atoms with Crippen molar-refractivity contribution in [3.05, 3.63) is 0 Å². The van der Waals surface area contributed by atoms with Gasteiger partial charge in [0.1, 0.15) is 0 Å². The van der Waals surface area contributed by atoms with Gasteiger partial charge in [0, 0.05) is 18.6 Å². The molecule has 108 valence electrons. The van der Waals surface area contributed by atoms with E-state index < -0.39 is 36.1 Å². The van der Waals surface area contributed by atoms with Gasteiger partial charge in [0.25, 0.3) is 5.67 Å². The Morgan fingerprint density at radius 1 is 0.944 bits per heavy atom. The third-order valence-corrected chi connectivity index (χ3v) is 2.97. The molecule has 0 unspecified atom stereocenters. The number of primary amides is 1. The Labute approximate surface area is 102 Å². The van der Waals surface area contributed by atoms with E-state index in [1.807, 2.05) is 0 Å². The predicted molar refractivity (Wildman–Crippen MR) is 51.7 cm³/mol. The molecule has 2 nitrogen and oxygen atoms in total. The Hall–Kier alpha value is -0.670. The molecule has 0 saturated heterocycles. The standard InChI is InChI=1S/C8H10F7NOS/c9-6(7(10,11)12,8(13,14)15)2-4-18-3-1-5(16)17/h1-4H2,(H2,16,17). The maximum Gasteiger partial charge on any atom is 0.431 e.